The van der Waals surface area contributed by atoms with Crippen LogP contribution in [-0.4, -0.2) is 5.11 Å². The lowest BCUT2D eigenvalue weighted by molar-refractivity contribution is 0.407. The lowest BCUT2D eigenvalue weighted by Gasteiger charge is -2.27. The third kappa shape index (κ3) is 2.35. The van der Waals surface area contributed by atoms with Gasteiger partial charge < -0.3 is 5.11 Å². The van der Waals surface area contributed by atoms with Gasteiger partial charge in [0.25, 0.3) is 0 Å². The summed E-state index contributed by atoms with van der Waals surface area (Å²) in [7, 11) is 0. The third-order valence-corrected chi connectivity index (χ3v) is 3.16. The number of phenols is 1. The summed E-state index contributed by atoms with van der Waals surface area (Å²) in [4.78, 5) is 0. The van der Waals surface area contributed by atoms with Gasteiger partial charge in [-0.05, 0) is 36.8 Å². The number of phenolic OH excluding ortho intramolecular Hbond substituents is 1. The second-order valence-electron chi connectivity index (χ2n) is 4.95. The van der Waals surface area contributed by atoms with E-state index in [-0.39, 0.29) is 5.41 Å². The molecule has 0 amide bonds. The molecule has 0 heterocycles. The van der Waals surface area contributed by atoms with Crippen LogP contribution in [0.4, 0.5) is 0 Å². The van der Waals surface area contributed by atoms with Crippen LogP contribution in [-0.2, 0) is 6.42 Å². The van der Waals surface area contributed by atoms with Crippen LogP contribution in [0.15, 0.2) is 42.5 Å². The third-order valence-electron chi connectivity index (χ3n) is 3.16. The Morgan fingerprint density at radius 2 is 2.12 bits per heavy atom. The van der Waals surface area contributed by atoms with E-state index in [1.165, 1.54) is 5.56 Å². The molecule has 0 fully saturated rings. The molecule has 1 nitrogen and oxygen atoms in total. The summed E-state index contributed by atoms with van der Waals surface area (Å²) in [6.07, 6.45) is 10.5. The molecule has 1 heteroatoms. The standard InChI is InChI=1S/C15H18O/c1-12-6-7-14(16)13(10-12)11-15(2)8-4-3-5-9-15/h3-8,10,16H,9,11H2,1-2H3. The predicted molar refractivity (Wildman–Crippen MR) is 67.6 cm³/mol. The van der Waals surface area contributed by atoms with Crippen molar-refractivity contribution in [3.63, 3.8) is 0 Å². The zero-order chi connectivity index (χ0) is 11.6. The van der Waals surface area contributed by atoms with Gasteiger partial charge in [0.05, 0.1) is 0 Å². The first-order valence-electron chi connectivity index (χ1n) is 5.72. The van der Waals surface area contributed by atoms with Crippen LogP contribution in [0.25, 0.3) is 0 Å². The second kappa shape index (κ2) is 4.17. The van der Waals surface area contributed by atoms with E-state index >= 15 is 0 Å². The van der Waals surface area contributed by atoms with Gasteiger partial charge in [0.15, 0.2) is 0 Å². The monoisotopic (exact) mass is 214 g/mol. The molecule has 84 valence electrons. The Hall–Kier alpha value is -1.50. The summed E-state index contributed by atoms with van der Waals surface area (Å²) in [6, 6.07) is 5.81. The molecule has 1 unspecified atom stereocenters. The van der Waals surface area contributed by atoms with Crippen LogP contribution in [0.3, 0.4) is 0 Å². The summed E-state index contributed by atoms with van der Waals surface area (Å²) < 4.78 is 0. The van der Waals surface area contributed by atoms with Gasteiger partial charge in [-0.25, -0.2) is 0 Å². The average molecular weight is 214 g/mol. The highest BCUT2D eigenvalue weighted by atomic mass is 16.3. The summed E-state index contributed by atoms with van der Waals surface area (Å²) >= 11 is 0. The molecule has 0 aromatic heterocycles. The van der Waals surface area contributed by atoms with Crippen molar-refractivity contribution in [2.45, 2.75) is 26.7 Å². The van der Waals surface area contributed by atoms with Gasteiger partial charge in [-0.15, -0.1) is 0 Å². The fourth-order valence-corrected chi connectivity index (χ4v) is 2.19. The maximum atomic E-state index is 9.84. The van der Waals surface area contributed by atoms with E-state index in [1.54, 1.807) is 6.07 Å². The van der Waals surface area contributed by atoms with Crippen molar-refractivity contribution in [1.82, 2.24) is 0 Å². The molecule has 0 saturated heterocycles. The zero-order valence-corrected chi connectivity index (χ0v) is 9.90. The lowest BCUT2D eigenvalue weighted by Crippen LogP contribution is -2.17. The number of aryl methyl sites for hydroxylation is 1. The number of hydrogen-bond donors (Lipinski definition) is 1. The molecule has 0 spiro atoms. The summed E-state index contributed by atoms with van der Waals surface area (Å²) in [6.45, 7) is 4.29. The average Bonchev–Trinajstić information content (AvgIpc) is 2.24. The van der Waals surface area contributed by atoms with Crippen molar-refractivity contribution in [1.29, 1.82) is 0 Å². The van der Waals surface area contributed by atoms with Gasteiger partial charge in [0, 0.05) is 0 Å². The highest BCUT2D eigenvalue weighted by Gasteiger charge is 2.22. The Bertz CT molecular complexity index is 443. The minimum atomic E-state index is 0.139. The van der Waals surface area contributed by atoms with Crippen LogP contribution in [0.2, 0.25) is 0 Å². The number of allylic oxidation sites excluding steroid dienone is 4. The van der Waals surface area contributed by atoms with Crippen LogP contribution >= 0.6 is 0 Å². The molecule has 1 atom stereocenters. The molecule has 16 heavy (non-hydrogen) atoms. The van der Waals surface area contributed by atoms with Gasteiger partial charge in [-0.2, -0.15) is 0 Å². The minimum absolute atomic E-state index is 0.139. The van der Waals surface area contributed by atoms with Gasteiger partial charge >= 0.3 is 0 Å². The second-order valence-corrected chi connectivity index (χ2v) is 4.95. The van der Waals surface area contributed by atoms with E-state index in [1.807, 2.05) is 6.07 Å². The molecule has 0 aliphatic heterocycles. The SMILES string of the molecule is Cc1ccc(O)c(CC2(C)C=CC=CC2)c1. The van der Waals surface area contributed by atoms with E-state index in [0.717, 1.165) is 18.4 Å². The Balaban J connectivity index is 2.23. The van der Waals surface area contributed by atoms with Crippen LogP contribution < -0.4 is 0 Å². The fraction of sp³-hybridized carbons (Fsp3) is 0.333. The maximum Gasteiger partial charge on any atom is 0.118 e. The minimum Gasteiger partial charge on any atom is -0.508 e. The van der Waals surface area contributed by atoms with Gasteiger partial charge in [-0.1, -0.05) is 48.9 Å². The Morgan fingerprint density at radius 1 is 1.31 bits per heavy atom. The first-order chi connectivity index (χ1) is 7.59. The molecule has 1 aromatic carbocycles. The van der Waals surface area contributed by atoms with Crippen molar-refractivity contribution < 1.29 is 5.11 Å². The molecular formula is C15H18O. The quantitative estimate of drug-likeness (QED) is 0.794. The van der Waals surface area contributed by atoms with Crippen LogP contribution in [0.5, 0.6) is 5.75 Å². The Morgan fingerprint density at radius 3 is 2.81 bits per heavy atom. The van der Waals surface area contributed by atoms with Crippen molar-refractivity contribution in [3.05, 3.63) is 53.6 Å². The Labute approximate surface area is 97.1 Å². The highest BCUT2D eigenvalue weighted by Crippen LogP contribution is 2.34. The fourth-order valence-electron chi connectivity index (χ4n) is 2.19. The van der Waals surface area contributed by atoms with Crippen molar-refractivity contribution in [3.8, 4) is 5.75 Å². The van der Waals surface area contributed by atoms with E-state index in [0.29, 0.717) is 5.75 Å². The number of rotatable bonds is 2. The van der Waals surface area contributed by atoms with Gasteiger partial charge in [0.1, 0.15) is 5.75 Å². The topological polar surface area (TPSA) is 20.2 Å². The summed E-state index contributed by atoms with van der Waals surface area (Å²) in [5.74, 6) is 0.412. The zero-order valence-electron chi connectivity index (χ0n) is 9.90. The smallest absolute Gasteiger partial charge is 0.118 e. The number of hydrogen-bond acceptors (Lipinski definition) is 1. The molecule has 0 saturated carbocycles. The van der Waals surface area contributed by atoms with E-state index in [2.05, 4.69) is 44.2 Å². The van der Waals surface area contributed by atoms with Crippen molar-refractivity contribution in [2.24, 2.45) is 5.41 Å². The molecule has 1 aromatic rings. The van der Waals surface area contributed by atoms with Gasteiger partial charge in [0.2, 0.25) is 0 Å². The predicted octanol–water partition coefficient (Wildman–Crippen LogP) is 3.77. The Kier molecular flexibility index (Phi) is 2.86. The van der Waals surface area contributed by atoms with Gasteiger partial charge in [-0.3, -0.25) is 0 Å². The molecular weight excluding hydrogens is 196 g/mol. The molecule has 2 rings (SSSR count). The molecule has 1 N–H and O–H groups in total. The molecule has 0 radical (unpaired) electrons. The maximum absolute atomic E-state index is 9.84. The van der Waals surface area contributed by atoms with E-state index in [4.69, 9.17) is 0 Å². The lowest BCUT2D eigenvalue weighted by atomic mass is 9.78. The summed E-state index contributed by atoms with van der Waals surface area (Å²) in [5.41, 5.74) is 2.38. The van der Waals surface area contributed by atoms with Crippen LogP contribution in [0.1, 0.15) is 24.5 Å². The van der Waals surface area contributed by atoms with Crippen molar-refractivity contribution >= 4 is 0 Å². The number of aromatic hydroxyl groups is 1. The van der Waals surface area contributed by atoms with Crippen molar-refractivity contribution in [2.75, 3.05) is 0 Å². The molecule has 1 aliphatic carbocycles. The first kappa shape index (κ1) is 11.0. The van der Waals surface area contributed by atoms with E-state index < -0.39 is 0 Å². The highest BCUT2D eigenvalue weighted by molar-refractivity contribution is 5.37. The first-order valence-corrected chi connectivity index (χ1v) is 5.72. The normalized spacial score (nSPS) is 23.6. The molecule has 1 aliphatic rings. The number of benzene rings is 1. The van der Waals surface area contributed by atoms with E-state index in [9.17, 15) is 5.11 Å². The molecule has 0 bridgehead atoms. The largest absolute Gasteiger partial charge is 0.508 e. The summed E-state index contributed by atoms with van der Waals surface area (Å²) in [5, 5.41) is 9.84. The van der Waals surface area contributed by atoms with Crippen LogP contribution in [0, 0.1) is 12.3 Å².